The highest BCUT2D eigenvalue weighted by molar-refractivity contribution is 6.00. The molecule has 1 aromatic rings. The minimum absolute atomic E-state index is 0.0419. The molecule has 2 rings (SSSR count). The SMILES string of the molecule is COc1ccc(F)cc1C(=O)C1CCC(F)(F)C1. The van der Waals surface area contributed by atoms with E-state index in [1.807, 2.05) is 0 Å². The Morgan fingerprint density at radius 3 is 2.72 bits per heavy atom. The number of benzene rings is 1. The first-order chi connectivity index (χ1) is 8.43. The normalized spacial score (nSPS) is 21.9. The summed E-state index contributed by atoms with van der Waals surface area (Å²) in [7, 11) is 1.35. The number of alkyl halides is 2. The summed E-state index contributed by atoms with van der Waals surface area (Å²) in [5.74, 6) is -4.37. The number of halogens is 3. The van der Waals surface area contributed by atoms with Crippen molar-refractivity contribution in [1.29, 1.82) is 0 Å². The van der Waals surface area contributed by atoms with E-state index < -0.39 is 29.9 Å². The van der Waals surface area contributed by atoms with Crippen molar-refractivity contribution in [2.24, 2.45) is 5.92 Å². The molecule has 1 saturated carbocycles. The van der Waals surface area contributed by atoms with Crippen LogP contribution in [0, 0.1) is 11.7 Å². The molecule has 0 radical (unpaired) electrons. The molecule has 0 amide bonds. The highest BCUT2D eigenvalue weighted by Crippen LogP contribution is 2.41. The first kappa shape index (κ1) is 12.9. The van der Waals surface area contributed by atoms with Gasteiger partial charge in [-0.3, -0.25) is 4.79 Å². The molecule has 1 unspecified atom stereocenters. The fourth-order valence-corrected chi connectivity index (χ4v) is 2.27. The maximum absolute atomic E-state index is 13.1. The Morgan fingerprint density at radius 1 is 1.44 bits per heavy atom. The number of ketones is 1. The molecule has 0 spiro atoms. The average molecular weight is 258 g/mol. The zero-order valence-electron chi connectivity index (χ0n) is 9.88. The third kappa shape index (κ3) is 2.49. The van der Waals surface area contributed by atoms with Crippen LogP contribution in [-0.4, -0.2) is 18.8 Å². The van der Waals surface area contributed by atoms with Crippen LogP contribution in [0.5, 0.6) is 5.75 Å². The second-order valence-electron chi connectivity index (χ2n) is 4.50. The first-order valence-electron chi connectivity index (χ1n) is 5.68. The number of carbonyl (C=O) groups is 1. The van der Waals surface area contributed by atoms with Crippen molar-refractivity contribution in [3.8, 4) is 5.75 Å². The smallest absolute Gasteiger partial charge is 0.248 e. The van der Waals surface area contributed by atoms with Gasteiger partial charge in [0.15, 0.2) is 5.78 Å². The molecule has 1 fully saturated rings. The highest BCUT2D eigenvalue weighted by atomic mass is 19.3. The van der Waals surface area contributed by atoms with Crippen molar-refractivity contribution >= 4 is 5.78 Å². The summed E-state index contributed by atoms with van der Waals surface area (Å²) in [6, 6.07) is 3.53. The van der Waals surface area contributed by atoms with Gasteiger partial charge in [-0.05, 0) is 24.6 Å². The summed E-state index contributed by atoms with van der Waals surface area (Å²) in [5.41, 5.74) is 0.0419. The highest BCUT2D eigenvalue weighted by Gasteiger charge is 2.43. The number of hydrogen-bond donors (Lipinski definition) is 0. The van der Waals surface area contributed by atoms with Gasteiger partial charge < -0.3 is 4.74 Å². The van der Waals surface area contributed by atoms with Gasteiger partial charge in [0.1, 0.15) is 11.6 Å². The van der Waals surface area contributed by atoms with Gasteiger partial charge in [0.05, 0.1) is 12.7 Å². The van der Waals surface area contributed by atoms with Crippen LogP contribution in [0.25, 0.3) is 0 Å². The molecule has 5 heteroatoms. The van der Waals surface area contributed by atoms with Gasteiger partial charge >= 0.3 is 0 Å². The van der Waals surface area contributed by atoms with Crippen LogP contribution >= 0.6 is 0 Å². The summed E-state index contributed by atoms with van der Waals surface area (Å²) in [6.07, 6.45) is -0.627. The van der Waals surface area contributed by atoms with E-state index in [0.29, 0.717) is 0 Å². The summed E-state index contributed by atoms with van der Waals surface area (Å²) in [4.78, 5) is 12.1. The average Bonchev–Trinajstić information content (AvgIpc) is 2.68. The third-order valence-electron chi connectivity index (χ3n) is 3.20. The third-order valence-corrected chi connectivity index (χ3v) is 3.20. The molecule has 1 aliphatic rings. The van der Waals surface area contributed by atoms with Crippen molar-refractivity contribution in [3.63, 3.8) is 0 Å². The molecule has 0 aliphatic heterocycles. The molecule has 1 aliphatic carbocycles. The number of Topliss-reactive ketones (excluding diaryl/α,β-unsaturated/α-hetero) is 1. The van der Waals surface area contributed by atoms with Crippen LogP contribution in [-0.2, 0) is 0 Å². The van der Waals surface area contributed by atoms with E-state index in [-0.39, 0.29) is 24.2 Å². The molecule has 0 aromatic heterocycles. The lowest BCUT2D eigenvalue weighted by molar-refractivity contribution is 0.00528. The molecule has 1 aromatic carbocycles. The molecule has 2 nitrogen and oxygen atoms in total. The van der Waals surface area contributed by atoms with E-state index in [1.165, 1.54) is 19.2 Å². The molecule has 0 heterocycles. The first-order valence-corrected chi connectivity index (χ1v) is 5.68. The van der Waals surface area contributed by atoms with Crippen LogP contribution in [0.1, 0.15) is 29.6 Å². The lowest BCUT2D eigenvalue weighted by Crippen LogP contribution is -2.16. The van der Waals surface area contributed by atoms with Crippen LogP contribution in [0.2, 0.25) is 0 Å². The van der Waals surface area contributed by atoms with E-state index >= 15 is 0 Å². The number of hydrogen-bond acceptors (Lipinski definition) is 2. The molecule has 98 valence electrons. The van der Waals surface area contributed by atoms with Gasteiger partial charge in [0.25, 0.3) is 0 Å². The summed E-state index contributed by atoms with van der Waals surface area (Å²) < 4.78 is 44.2. The molecule has 18 heavy (non-hydrogen) atoms. The van der Waals surface area contributed by atoms with Crippen molar-refractivity contribution in [3.05, 3.63) is 29.6 Å². The maximum atomic E-state index is 13.1. The standard InChI is InChI=1S/C13H13F3O2/c1-18-11-3-2-9(14)6-10(11)12(17)8-4-5-13(15,16)7-8/h2-3,6,8H,4-5,7H2,1H3. The largest absolute Gasteiger partial charge is 0.496 e. The van der Waals surface area contributed by atoms with E-state index in [4.69, 9.17) is 4.74 Å². The zero-order valence-corrected chi connectivity index (χ0v) is 9.88. The molecule has 1 atom stereocenters. The molecule has 0 saturated heterocycles. The Balaban J connectivity index is 2.26. The minimum Gasteiger partial charge on any atom is -0.496 e. The van der Waals surface area contributed by atoms with Crippen LogP contribution in [0.3, 0.4) is 0 Å². The lowest BCUT2D eigenvalue weighted by atomic mass is 9.95. The fraction of sp³-hybridized carbons (Fsp3) is 0.462. The van der Waals surface area contributed by atoms with Crippen molar-refractivity contribution in [2.45, 2.75) is 25.2 Å². The Morgan fingerprint density at radius 2 is 2.17 bits per heavy atom. The van der Waals surface area contributed by atoms with Gasteiger partial charge in [-0.1, -0.05) is 0 Å². The minimum atomic E-state index is -2.79. The van der Waals surface area contributed by atoms with Gasteiger partial charge in [0, 0.05) is 18.8 Å². The number of ether oxygens (including phenoxy) is 1. The Labute approximate surface area is 103 Å². The Bertz CT molecular complexity index is 471. The summed E-state index contributed by atoms with van der Waals surface area (Å²) >= 11 is 0. The van der Waals surface area contributed by atoms with E-state index in [0.717, 1.165) is 6.07 Å². The number of rotatable bonds is 3. The maximum Gasteiger partial charge on any atom is 0.248 e. The second-order valence-corrected chi connectivity index (χ2v) is 4.50. The van der Waals surface area contributed by atoms with Crippen molar-refractivity contribution in [1.82, 2.24) is 0 Å². The van der Waals surface area contributed by atoms with E-state index in [1.54, 1.807) is 0 Å². The van der Waals surface area contributed by atoms with Gasteiger partial charge in [-0.2, -0.15) is 0 Å². The Hall–Kier alpha value is -1.52. The second kappa shape index (κ2) is 4.63. The van der Waals surface area contributed by atoms with Gasteiger partial charge in [-0.25, -0.2) is 13.2 Å². The predicted octanol–water partition coefficient (Wildman–Crippen LogP) is 3.45. The van der Waals surface area contributed by atoms with Crippen LogP contribution < -0.4 is 4.74 Å². The van der Waals surface area contributed by atoms with Crippen molar-refractivity contribution in [2.75, 3.05) is 7.11 Å². The molecule has 0 bridgehead atoms. The quantitative estimate of drug-likeness (QED) is 0.776. The topological polar surface area (TPSA) is 26.3 Å². The van der Waals surface area contributed by atoms with Gasteiger partial charge in [-0.15, -0.1) is 0 Å². The Kier molecular flexibility index (Phi) is 3.32. The predicted molar refractivity (Wildman–Crippen MR) is 59.6 cm³/mol. The van der Waals surface area contributed by atoms with Crippen LogP contribution in [0.15, 0.2) is 18.2 Å². The van der Waals surface area contributed by atoms with E-state index in [2.05, 4.69) is 0 Å². The molecule has 0 N–H and O–H groups in total. The summed E-state index contributed by atoms with van der Waals surface area (Å²) in [5, 5.41) is 0. The summed E-state index contributed by atoms with van der Waals surface area (Å²) in [6.45, 7) is 0. The van der Waals surface area contributed by atoms with Crippen molar-refractivity contribution < 1.29 is 22.7 Å². The van der Waals surface area contributed by atoms with E-state index in [9.17, 15) is 18.0 Å². The monoisotopic (exact) mass is 258 g/mol. The van der Waals surface area contributed by atoms with Crippen LogP contribution in [0.4, 0.5) is 13.2 Å². The molecular weight excluding hydrogens is 245 g/mol. The fourth-order valence-electron chi connectivity index (χ4n) is 2.27. The molecular formula is C13H13F3O2. The number of carbonyl (C=O) groups excluding carboxylic acids is 1. The number of methoxy groups -OCH3 is 1. The lowest BCUT2D eigenvalue weighted by Gasteiger charge is -2.12. The van der Waals surface area contributed by atoms with Gasteiger partial charge in [0.2, 0.25) is 5.92 Å². The zero-order chi connectivity index (χ0) is 13.3.